The zero-order valence-corrected chi connectivity index (χ0v) is 15.5. The maximum Gasteiger partial charge on any atom is 0.269 e. The van der Waals surface area contributed by atoms with Crippen molar-refractivity contribution in [3.8, 4) is 0 Å². The summed E-state index contributed by atoms with van der Waals surface area (Å²) in [6.07, 6.45) is -0.395. The molecule has 2 aliphatic rings. The third-order valence-electron chi connectivity index (χ3n) is 5.72. The summed E-state index contributed by atoms with van der Waals surface area (Å²) in [5.41, 5.74) is 1.66. The van der Waals surface area contributed by atoms with Crippen LogP contribution < -0.4 is 0 Å². The second-order valence-corrected chi connectivity index (χ2v) is 7.70. The quantitative estimate of drug-likeness (QED) is 0.648. The molecule has 2 unspecified atom stereocenters. The molecule has 0 radical (unpaired) electrons. The van der Waals surface area contributed by atoms with E-state index >= 15 is 0 Å². The van der Waals surface area contributed by atoms with Gasteiger partial charge in [0, 0.05) is 62.3 Å². The second kappa shape index (κ2) is 7.69. The number of nitro benzene ring substituents is 1. The predicted octanol–water partition coefficient (Wildman–Crippen LogP) is 2.16. The first-order valence-corrected chi connectivity index (χ1v) is 9.49. The van der Waals surface area contributed by atoms with Crippen molar-refractivity contribution in [3.05, 3.63) is 75.8 Å². The summed E-state index contributed by atoms with van der Waals surface area (Å²) in [6.45, 7) is 3.33. The molecule has 2 atom stereocenters. The molecular formula is C21H23N3O4. The Morgan fingerprint density at radius 2 is 1.61 bits per heavy atom. The summed E-state index contributed by atoms with van der Waals surface area (Å²) in [5, 5.41) is 21.4. The Balaban J connectivity index is 1.43. The Bertz CT molecular complexity index is 840. The van der Waals surface area contributed by atoms with Gasteiger partial charge in [-0.1, -0.05) is 30.3 Å². The number of hydrogen-bond acceptors (Lipinski definition) is 5. The Labute approximate surface area is 163 Å². The molecule has 1 N–H and O–H groups in total. The molecule has 2 bridgehead atoms. The molecule has 1 amide bonds. The molecule has 2 aromatic carbocycles. The highest BCUT2D eigenvalue weighted by Gasteiger charge is 2.42. The number of piperidine rings is 2. The van der Waals surface area contributed by atoms with Crippen LogP contribution in [0.4, 0.5) is 5.69 Å². The van der Waals surface area contributed by atoms with Gasteiger partial charge in [0.2, 0.25) is 0 Å². The number of aliphatic hydroxyl groups excluding tert-OH is 1. The van der Waals surface area contributed by atoms with Crippen molar-refractivity contribution in [2.45, 2.75) is 12.6 Å². The summed E-state index contributed by atoms with van der Waals surface area (Å²) in [5.74, 6) is -0.107. The fourth-order valence-corrected chi connectivity index (χ4v) is 4.36. The smallest absolute Gasteiger partial charge is 0.269 e. The summed E-state index contributed by atoms with van der Waals surface area (Å²) in [6, 6.07) is 16.0. The fourth-order valence-electron chi connectivity index (χ4n) is 4.36. The normalized spacial score (nSPS) is 24.8. The number of benzene rings is 2. The molecule has 2 fully saturated rings. The average molecular weight is 381 g/mol. The lowest BCUT2D eigenvalue weighted by Gasteiger charge is -2.49. The number of rotatable bonds is 4. The lowest BCUT2D eigenvalue weighted by Crippen LogP contribution is -2.60. The molecular weight excluding hydrogens is 358 g/mol. The van der Waals surface area contributed by atoms with Crippen LogP contribution in [0.5, 0.6) is 0 Å². The van der Waals surface area contributed by atoms with Crippen LogP contribution in [0.15, 0.2) is 54.6 Å². The molecule has 7 heteroatoms. The number of carbonyl (C=O) groups excluding carboxylic acids is 1. The van der Waals surface area contributed by atoms with Crippen LogP contribution in [0, 0.1) is 22.0 Å². The fraction of sp³-hybridized carbons (Fsp3) is 0.381. The highest BCUT2D eigenvalue weighted by molar-refractivity contribution is 5.94. The highest BCUT2D eigenvalue weighted by Crippen LogP contribution is 2.31. The second-order valence-electron chi connectivity index (χ2n) is 7.70. The van der Waals surface area contributed by atoms with Crippen LogP contribution in [0.2, 0.25) is 0 Å². The number of nitro groups is 1. The number of aliphatic hydroxyl groups is 1. The van der Waals surface area contributed by atoms with Crippen LogP contribution in [0.3, 0.4) is 0 Å². The summed E-state index contributed by atoms with van der Waals surface area (Å²) >= 11 is 0. The lowest BCUT2D eigenvalue weighted by molar-refractivity contribution is -0.384. The van der Waals surface area contributed by atoms with Crippen molar-refractivity contribution in [1.82, 2.24) is 9.80 Å². The van der Waals surface area contributed by atoms with Gasteiger partial charge in [-0.25, -0.2) is 0 Å². The SMILES string of the molecule is O=C(c1ccc([N+](=O)[O-])cc1)N1CC2CN(Cc3ccccc3)CC(C1)C2O. The molecule has 2 aromatic rings. The molecule has 2 saturated heterocycles. The summed E-state index contributed by atoms with van der Waals surface area (Å²) in [4.78, 5) is 27.3. The van der Waals surface area contributed by atoms with Crippen LogP contribution in [0.1, 0.15) is 15.9 Å². The van der Waals surface area contributed by atoms with Gasteiger partial charge in [0.15, 0.2) is 0 Å². The number of non-ortho nitro benzene ring substituents is 1. The largest absolute Gasteiger partial charge is 0.392 e. The molecule has 146 valence electrons. The van der Waals surface area contributed by atoms with E-state index in [2.05, 4.69) is 17.0 Å². The minimum absolute atomic E-state index is 0.0122. The third kappa shape index (κ3) is 3.76. The molecule has 2 aliphatic heterocycles. The minimum atomic E-state index is -0.475. The van der Waals surface area contributed by atoms with Gasteiger partial charge < -0.3 is 10.0 Å². The molecule has 0 spiro atoms. The molecule has 0 aromatic heterocycles. The number of amides is 1. The van der Waals surface area contributed by atoms with Gasteiger partial charge in [-0.15, -0.1) is 0 Å². The molecule has 28 heavy (non-hydrogen) atoms. The van der Waals surface area contributed by atoms with Crippen LogP contribution in [-0.2, 0) is 6.54 Å². The van der Waals surface area contributed by atoms with E-state index in [1.807, 2.05) is 18.2 Å². The van der Waals surface area contributed by atoms with Crippen molar-refractivity contribution in [2.24, 2.45) is 11.8 Å². The molecule has 0 saturated carbocycles. The van der Waals surface area contributed by atoms with Crippen molar-refractivity contribution in [1.29, 1.82) is 0 Å². The number of fused-ring (bicyclic) bond motifs is 2. The number of nitrogens with zero attached hydrogens (tertiary/aromatic N) is 3. The maximum atomic E-state index is 12.9. The van der Waals surface area contributed by atoms with Crippen LogP contribution in [-0.4, -0.2) is 58.0 Å². The molecule has 2 heterocycles. The van der Waals surface area contributed by atoms with E-state index in [0.29, 0.717) is 18.7 Å². The van der Waals surface area contributed by atoms with Gasteiger partial charge >= 0.3 is 0 Å². The predicted molar refractivity (Wildman–Crippen MR) is 104 cm³/mol. The van der Waals surface area contributed by atoms with Gasteiger partial charge in [-0.2, -0.15) is 0 Å². The number of hydrogen-bond donors (Lipinski definition) is 1. The van der Waals surface area contributed by atoms with E-state index in [4.69, 9.17) is 0 Å². The van der Waals surface area contributed by atoms with Gasteiger partial charge in [0.05, 0.1) is 11.0 Å². The Hall–Kier alpha value is -2.77. The van der Waals surface area contributed by atoms with E-state index in [-0.39, 0.29) is 23.4 Å². The first kappa shape index (κ1) is 18.6. The first-order valence-electron chi connectivity index (χ1n) is 9.49. The zero-order chi connectivity index (χ0) is 19.7. The molecule has 7 nitrogen and oxygen atoms in total. The van der Waals surface area contributed by atoms with Crippen molar-refractivity contribution in [2.75, 3.05) is 26.2 Å². The highest BCUT2D eigenvalue weighted by atomic mass is 16.6. The summed E-state index contributed by atoms with van der Waals surface area (Å²) in [7, 11) is 0. The minimum Gasteiger partial charge on any atom is -0.392 e. The lowest BCUT2D eigenvalue weighted by atomic mass is 9.81. The van der Waals surface area contributed by atoms with Gasteiger partial charge in [-0.3, -0.25) is 19.8 Å². The molecule has 0 aliphatic carbocycles. The van der Waals surface area contributed by atoms with E-state index in [9.17, 15) is 20.0 Å². The van der Waals surface area contributed by atoms with Crippen molar-refractivity contribution < 1.29 is 14.8 Å². The van der Waals surface area contributed by atoms with Crippen LogP contribution >= 0.6 is 0 Å². The standard InChI is InChI=1S/C21H23N3O4/c25-20-17-11-22(10-15-4-2-1-3-5-15)12-18(20)14-23(13-17)21(26)16-6-8-19(9-7-16)24(27)28/h1-9,17-18,20,25H,10-14H2. The van der Waals surface area contributed by atoms with E-state index in [0.717, 1.165) is 19.6 Å². The van der Waals surface area contributed by atoms with E-state index < -0.39 is 11.0 Å². The average Bonchev–Trinajstić information content (AvgIpc) is 2.69. The van der Waals surface area contributed by atoms with Gasteiger partial charge in [-0.05, 0) is 17.7 Å². The van der Waals surface area contributed by atoms with Gasteiger partial charge in [0.25, 0.3) is 11.6 Å². The topological polar surface area (TPSA) is 86.9 Å². The third-order valence-corrected chi connectivity index (χ3v) is 5.72. The molecule has 4 rings (SSSR count). The Morgan fingerprint density at radius 3 is 2.18 bits per heavy atom. The van der Waals surface area contributed by atoms with E-state index in [1.54, 1.807) is 4.90 Å². The Kier molecular flexibility index (Phi) is 5.11. The zero-order valence-electron chi connectivity index (χ0n) is 15.5. The maximum absolute atomic E-state index is 12.9. The summed E-state index contributed by atoms with van der Waals surface area (Å²) < 4.78 is 0. The number of likely N-dealkylation sites (tertiary alicyclic amines) is 2. The van der Waals surface area contributed by atoms with Crippen LogP contribution in [0.25, 0.3) is 0 Å². The van der Waals surface area contributed by atoms with Crippen molar-refractivity contribution >= 4 is 11.6 Å². The monoisotopic (exact) mass is 381 g/mol. The number of carbonyl (C=O) groups is 1. The van der Waals surface area contributed by atoms with Crippen molar-refractivity contribution in [3.63, 3.8) is 0 Å². The van der Waals surface area contributed by atoms with E-state index in [1.165, 1.54) is 29.8 Å². The Morgan fingerprint density at radius 1 is 1.00 bits per heavy atom. The van der Waals surface area contributed by atoms with Gasteiger partial charge in [0.1, 0.15) is 0 Å². The first-order chi connectivity index (χ1) is 13.5.